The average molecular weight is 375 g/mol. The average Bonchev–Trinajstić information content (AvgIpc) is 3.13. The fraction of sp³-hybridized carbons (Fsp3) is 0.600. The van der Waals surface area contributed by atoms with E-state index in [0.717, 1.165) is 18.4 Å². The summed E-state index contributed by atoms with van der Waals surface area (Å²) >= 11 is 0. The normalized spacial score (nSPS) is 39.9. The van der Waals surface area contributed by atoms with Crippen LogP contribution < -0.4 is 0 Å². The molecule has 0 radical (unpaired) electrons. The van der Waals surface area contributed by atoms with E-state index in [1.54, 1.807) is 0 Å². The second-order valence-electron chi connectivity index (χ2n) is 8.64. The fourth-order valence-corrected chi connectivity index (χ4v) is 6.95. The van der Waals surface area contributed by atoms with Crippen LogP contribution in [0.3, 0.4) is 0 Å². The summed E-state index contributed by atoms with van der Waals surface area (Å²) in [7, 11) is -3.60. The Bertz CT molecular complexity index is 848. The van der Waals surface area contributed by atoms with Crippen LogP contribution in [0.25, 0.3) is 0 Å². The van der Waals surface area contributed by atoms with Gasteiger partial charge >= 0.3 is 0 Å². The van der Waals surface area contributed by atoms with Crippen molar-refractivity contribution >= 4 is 10.1 Å². The van der Waals surface area contributed by atoms with Crippen molar-refractivity contribution in [2.24, 2.45) is 17.3 Å². The zero-order valence-electron chi connectivity index (χ0n) is 15.2. The molecule has 0 amide bonds. The summed E-state index contributed by atoms with van der Waals surface area (Å²) in [6.07, 6.45) is 4.07. The van der Waals surface area contributed by atoms with E-state index in [2.05, 4.69) is 32.1 Å². The molecular formula is C20H25NO4S. The van der Waals surface area contributed by atoms with Crippen LogP contribution in [0.2, 0.25) is 0 Å². The van der Waals surface area contributed by atoms with E-state index >= 15 is 0 Å². The Kier molecular flexibility index (Phi) is 3.67. The monoisotopic (exact) mass is 375 g/mol. The molecule has 0 N–H and O–H groups in total. The van der Waals surface area contributed by atoms with Crippen molar-refractivity contribution in [1.82, 2.24) is 5.06 Å². The molecule has 1 saturated carbocycles. The highest BCUT2D eigenvalue weighted by Gasteiger charge is 2.61. The molecular weight excluding hydrogens is 350 g/mol. The second kappa shape index (κ2) is 5.64. The first-order valence-corrected chi connectivity index (χ1v) is 10.9. The molecule has 1 aromatic carbocycles. The molecule has 2 heterocycles. The number of allylic oxidation sites excluding steroid dienone is 1. The van der Waals surface area contributed by atoms with Crippen molar-refractivity contribution in [3.8, 4) is 0 Å². The van der Waals surface area contributed by atoms with Crippen LogP contribution in [0.5, 0.6) is 0 Å². The molecule has 140 valence electrons. The zero-order chi connectivity index (χ0) is 18.1. The van der Waals surface area contributed by atoms with Crippen molar-refractivity contribution in [2.75, 3.05) is 6.61 Å². The van der Waals surface area contributed by atoms with Crippen molar-refractivity contribution in [3.63, 3.8) is 0 Å². The molecule has 6 rings (SSSR count). The SMILES string of the molecule is CC1(C)[C@@H]2CC=C([C@H]3[C@H]4[C@H](COS4(=O)=O)ON3Cc3ccccc3)[C@H]1C2. The largest absolute Gasteiger partial charge is 0.291 e. The Balaban J connectivity index is 1.52. The summed E-state index contributed by atoms with van der Waals surface area (Å²) in [6, 6.07) is 9.84. The summed E-state index contributed by atoms with van der Waals surface area (Å²) in [5, 5.41) is 1.29. The molecule has 6 heteroatoms. The van der Waals surface area contributed by atoms with Crippen LogP contribution in [-0.4, -0.2) is 37.5 Å². The third-order valence-electron chi connectivity index (χ3n) is 7.02. The predicted octanol–water partition coefficient (Wildman–Crippen LogP) is 2.89. The third-order valence-corrected chi connectivity index (χ3v) is 8.71. The van der Waals surface area contributed by atoms with E-state index in [4.69, 9.17) is 9.02 Å². The highest BCUT2D eigenvalue weighted by Crippen LogP contribution is 2.61. The lowest BCUT2D eigenvalue weighted by Gasteiger charge is -2.58. The molecule has 0 unspecified atom stereocenters. The molecule has 1 aromatic rings. The summed E-state index contributed by atoms with van der Waals surface area (Å²) in [5.41, 5.74) is 2.61. The molecule has 5 aliphatic rings. The highest BCUT2D eigenvalue weighted by atomic mass is 32.2. The van der Waals surface area contributed by atoms with E-state index in [1.807, 2.05) is 23.3 Å². The van der Waals surface area contributed by atoms with Gasteiger partial charge in [0.05, 0.1) is 12.6 Å². The molecule has 0 spiro atoms. The van der Waals surface area contributed by atoms with Crippen LogP contribution in [0, 0.1) is 17.3 Å². The van der Waals surface area contributed by atoms with Gasteiger partial charge in [-0.1, -0.05) is 50.3 Å². The first-order chi connectivity index (χ1) is 12.4. The lowest BCUT2D eigenvalue weighted by Crippen LogP contribution is -2.53. The molecule has 2 aliphatic heterocycles. The van der Waals surface area contributed by atoms with E-state index in [9.17, 15) is 8.42 Å². The molecule has 2 bridgehead atoms. The van der Waals surface area contributed by atoms with Crippen molar-refractivity contribution < 1.29 is 17.4 Å². The van der Waals surface area contributed by atoms with E-state index < -0.39 is 21.5 Å². The maximum absolute atomic E-state index is 12.6. The maximum Gasteiger partial charge on any atom is 0.275 e. The Morgan fingerprint density at radius 1 is 1.23 bits per heavy atom. The van der Waals surface area contributed by atoms with Crippen LogP contribution in [0.1, 0.15) is 32.3 Å². The van der Waals surface area contributed by atoms with Gasteiger partial charge in [0, 0.05) is 6.54 Å². The molecule has 26 heavy (non-hydrogen) atoms. The first kappa shape index (κ1) is 16.9. The van der Waals surface area contributed by atoms with E-state index in [0.29, 0.717) is 18.4 Å². The Hall–Kier alpha value is -1.21. The quantitative estimate of drug-likeness (QED) is 0.601. The van der Waals surface area contributed by atoms with Gasteiger partial charge < -0.3 is 0 Å². The lowest BCUT2D eigenvalue weighted by molar-refractivity contribution is -0.172. The lowest BCUT2D eigenvalue weighted by atomic mass is 9.48. The summed E-state index contributed by atoms with van der Waals surface area (Å²) in [5.74, 6) is 1.15. The Morgan fingerprint density at radius 3 is 2.69 bits per heavy atom. The van der Waals surface area contributed by atoms with Gasteiger partial charge in [0.15, 0.2) is 0 Å². The van der Waals surface area contributed by atoms with Crippen LogP contribution in [0.4, 0.5) is 0 Å². The number of hydrogen-bond donors (Lipinski definition) is 0. The van der Waals surface area contributed by atoms with Gasteiger partial charge in [-0.3, -0.25) is 9.02 Å². The molecule has 2 saturated heterocycles. The standard InChI is InChI=1S/C20H25NO4S/c1-20(2)14-8-9-15(16(20)10-14)18-19-17(12-24-26(19,22)23)25-21(18)11-13-6-4-3-5-7-13/h3-7,9,14,16-19H,8,10-12H2,1-2H3/t14-,16-,17+,18+,19-/m1/s1. The number of hydrogen-bond acceptors (Lipinski definition) is 5. The predicted molar refractivity (Wildman–Crippen MR) is 97.4 cm³/mol. The topological polar surface area (TPSA) is 55.8 Å². The molecule has 0 aromatic heterocycles. The van der Waals surface area contributed by atoms with Gasteiger partial charge in [-0.15, -0.1) is 0 Å². The number of nitrogens with zero attached hydrogens (tertiary/aromatic N) is 1. The van der Waals surface area contributed by atoms with Crippen molar-refractivity contribution in [1.29, 1.82) is 0 Å². The third kappa shape index (κ3) is 2.35. The Morgan fingerprint density at radius 2 is 2.00 bits per heavy atom. The van der Waals surface area contributed by atoms with Gasteiger partial charge in [-0.2, -0.15) is 13.5 Å². The smallest absolute Gasteiger partial charge is 0.275 e. The van der Waals surface area contributed by atoms with E-state index in [-0.39, 0.29) is 18.1 Å². The summed E-state index contributed by atoms with van der Waals surface area (Å²) in [4.78, 5) is 6.11. The summed E-state index contributed by atoms with van der Waals surface area (Å²) < 4.78 is 30.4. The highest BCUT2D eigenvalue weighted by molar-refractivity contribution is 7.87. The molecule has 5 nitrogen and oxygen atoms in total. The van der Waals surface area contributed by atoms with E-state index in [1.165, 1.54) is 5.57 Å². The van der Waals surface area contributed by atoms with Crippen molar-refractivity contribution in [3.05, 3.63) is 47.5 Å². The number of hydroxylamine groups is 2. The second-order valence-corrected chi connectivity index (χ2v) is 10.4. The number of rotatable bonds is 3. The van der Waals surface area contributed by atoms with Gasteiger partial charge in [0.2, 0.25) is 0 Å². The van der Waals surface area contributed by atoms with Crippen LogP contribution in [-0.2, 0) is 25.7 Å². The van der Waals surface area contributed by atoms with Crippen LogP contribution >= 0.6 is 0 Å². The molecule has 3 aliphatic carbocycles. The minimum atomic E-state index is -3.60. The van der Waals surface area contributed by atoms with Gasteiger partial charge in [-0.25, -0.2) is 0 Å². The van der Waals surface area contributed by atoms with Crippen LogP contribution in [0.15, 0.2) is 42.0 Å². The Labute approximate surface area is 155 Å². The number of benzene rings is 1. The van der Waals surface area contributed by atoms with Gasteiger partial charge in [0.25, 0.3) is 10.1 Å². The minimum Gasteiger partial charge on any atom is -0.291 e. The van der Waals surface area contributed by atoms with Gasteiger partial charge in [0.1, 0.15) is 11.4 Å². The summed E-state index contributed by atoms with van der Waals surface area (Å²) in [6.45, 7) is 5.33. The minimum absolute atomic E-state index is 0.124. The fourth-order valence-electron chi connectivity index (χ4n) is 5.36. The van der Waals surface area contributed by atoms with Gasteiger partial charge in [-0.05, 0) is 41.2 Å². The maximum atomic E-state index is 12.6. The molecule has 5 atom stereocenters. The zero-order valence-corrected chi connectivity index (χ0v) is 16.0. The number of fused-ring (bicyclic) bond motifs is 2. The molecule has 3 fully saturated rings. The van der Waals surface area contributed by atoms with Crippen molar-refractivity contribution in [2.45, 2.75) is 50.6 Å². The first-order valence-electron chi connectivity index (χ1n) is 9.43.